The predicted octanol–water partition coefficient (Wildman–Crippen LogP) is 2.07. The molecule has 26 heavy (non-hydrogen) atoms. The molecule has 0 aromatic heterocycles. The van der Waals surface area contributed by atoms with E-state index in [0.717, 1.165) is 5.56 Å². The van der Waals surface area contributed by atoms with Crippen molar-refractivity contribution in [3.8, 4) is 0 Å². The van der Waals surface area contributed by atoms with Gasteiger partial charge in [0.1, 0.15) is 0 Å². The van der Waals surface area contributed by atoms with E-state index in [0.29, 0.717) is 24.1 Å². The SMILES string of the molecule is O=C(O)CC(NS(=O)(=O)c1ccc2c(c1)CCC(=O)N2)c1ccccc1. The summed E-state index contributed by atoms with van der Waals surface area (Å²) < 4.78 is 28.0. The molecule has 0 radical (unpaired) electrons. The normalized spacial score (nSPS) is 15.0. The van der Waals surface area contributed by atoms with Gasteiger partial charge in [0, 0.05) is 12.1 Å². The quantitative estimate of drug-likeness (QED) is 0.716. The molecule has 3 N–H and O–H groups in total. The lowest BCUT2D eigenvalue weighted by Gasteiger charge is -2.20. The van der Waals surface area contributed by atoms with Gasteiger partial charge in [0.05, 0.1) is 17.4 Å². The Morgan fingerprint density at radius 3 is 2.58 bits per heavy atom. The molecule has 0 bridgehead atoms. The molecular weight excluding hydrogens is 356 g/mol. The van der Waals surface area contributed by atoms with Crippen LogP contribution in [0.4, 0.5) is 5.69 Å². The molecule has 1 atom stereocenters. The summed E-state index contributed by atoms with van der Waals surface area (Å²) in [5.74, 6) is -1.20. The van der Waals surface area contributed by atoms with Crippen LogP contribution in [0.1, 0.15) is 30.0 Å². The van der Waals surface area contributed by atoms with Crippen LogP contribution in [0.5, 0.6) is 0 Å². The Kier molecular flexibility index (Phi) is 5.06. The maximum Gasteiger partial charge on any atom is 0.305 e. The van der Waals surface area contributed by atoms with E-state index in [2.05, 4.69) is 10.0 Å². The second kappa shape index (κ2) is 7.27. The molecule has 8 heteroatoms. The third-order valence-corrected chi connectivity index (χ3v) is 5.63. The van der Waals surface area contributed by atoms with Crippen LogP contribution < -0.4 is 10.0 Å². The third kappa shape index (κ3) is 4.09. The van der Waals surface area contributed by atoms with Crippen LogP contribution >= 0.6 is 0 Å². The lowest BCUT2D eigenvalue weighted by molar-refractivity contribution is -0.137. The Balaban J connectivity index is 1.89. The molecule has 1 heterocycles. The molecule has 3 rings (SSSR count). The number of carboxylic acid groups (broad SMARTS) is 1. The highest BCUT2D eigenvalue weighted by Gasteiger charge is 2.25. The molecule has 7 nitrogen and oxygen atoms in total. The smallest absolute Gasteiger partial charge is 0.305 e. The summed E-state index contributed by atoms with van der Waals surface area (Å²) in [6.45, 7) is 0. The maximum atomic E-state index is 12.8. The van der Waals surface area contributed by atoms with E-state index >= 15 is 0 Å². The van der Waals surface area contributed by atoms with Crippen molar-refractivity contribution in [1.82, 2.24) is 4.72 Å². The lowest BCUT2D eigenvalue weighted by atomic mass is 10.0. The average molecular weight is 374 g/mol. The Morgan fingerprint density at radius 2 is 1.88 bits per heavy atom. The van der Waals surface area contributed by atoms with Gasteiger partial charge in [-0.15, -0.1) is 0 Å². The summed E-state index contributed by atoms with van der Waals surface area (Å²) in [5, 5.41) is 11.8. The number of sulfonamides is 1. The number of carboxylic acids is 1. The Labute approximate surface area is 151 Å². The van der Waals surface area contributed by atoms with Gasteiger partial charge in [-0.25, -0.2) is 13.1 Å². The fourth-order valence-electron chi connectivity index (χ4n) is 2.87. The topological polar surface area (TPSA) is 113 Å². The highest BCUT2D eigenvalue weighted by Crippen LogP contribution is 2.27. The van der Waals surface area contributed by atoms with E-state index in [1.54, 1.807) is 36.4 Å². The van der Waals surface area contributed by atoms with E-state index in [1.807, 2.05) is 0 Å². The van der Waals surface area contributed by atoms with Crippen LogP contribution in [0.3, 0.4) is 0 Å². The molecule has 0 fully saturated rings. The summed E-state index contributed by atoms with van der Waals surface area (Å²) in [5.41, 5.74) is 1.91. The molecule has 1 unspecified atom stereocenters. The van der Waals surface area contributed by atoms with E-state index in [-0.39, 0.29) is 17.2 Å². The Bertz CT molecular complexity index is 941. The third-order valence-electron chi connectivity index (χ3n) is 4.16. The van der Waals surface area contributed by atoms with E-state index in [4.69, 9.17) is 5.11 Å². The van der Waals surface area contributed by atoms with Gasteiger partial charge in [-0.2, -0.15) is 0 Å². The summed E-state index contributed by atoms with van der Waals surface area (Å²) in [7, 11) is -3.93. The largest absolute Gasteiger partial charge is 0.481 e. The second-order valence-corrected chi connectivity index (χ2v) is 7.76. The number of hydrogen-bond acceptors (Lipinski definition) is 4. The van der Waals surface area contributed by atoms with Crippen molar-refractivity contribution in [3.63, 3.8) is 0 Å². The monoisotopic (exact) mass is 374 g/mol. The van der Waals surface area contributed by atoms with Crippen molar-refractivity contribution in [2.45, 2.75) is 30.2 Å². The minimum atomic E-state index is -3.93. The van der Waals surface area contributed by atoms with E-state index in [1.165, 1.54) is 12.1 Å². The average Bonchev–Trinajstić information content (AvgIpc) is 2.61. The van der Waals surface area contributed by atoms with Crippen molar-refractivity contribution in [2.75, 3.05) is 5.32 Å². The highest BCUT2D eigenvalue weighted by atomic mass is 32.2. The molecule has 0 saturated heterocycles. The zero-order valence-corrected chi connectivity index (χ0v) is 14.6. The molecule has 2 aromatic carbocycles. The number of hydrogen-bond donors (Lipinski definition) is 3. The Hall–Kier alpha value is -2.71. The van der Waals surface area contributed by atoms with E-state index in [9.17, 15) is 18.0 Å². The fraction of sp³-hybridized carbons (Fsp3) is 0.222. The second-order valence-electron chi connectivity index (χ2n) is 6.05. The van der Waals surface area contributed by atoms with Gasteiger partial charge in [0.2, 0.25) is 15.9 Å². The van der Waals surface area contributed by atoms with Crippen LogP contribution in [0, 0.1) is 0 Å². The number of nitrogens with one attached hydrogen (secondary N) is 2. The summed E-state index contributed by atoms with van der Waals surface area (Å²) >= 11 is 0. The molecule has 1 amide bonds. The predicted molar refractivity (Wildman–Crippen MR) is 95.2 cm³/mol. The first-order valence-corrected chi connectivity index (χ1v) is 9.55. The van der Waals surface area contributed by atoms with Gasteiger partial charge < -0.3 is 10.4 Å². The van der Waals surface area contributed by atoms with Crippen LogP contribution in [-0.4, -0.2) is 25.4 Å². The van der Waals surface area contributed by atoms with Crippen molar-refractivity contribution < 1.29 is 23.1 Å². The highest BCUT2D eigenvalue weighted by molar-refractivity contribution is 7.89. The number of anilines is 1. The van der Waals surface area contributed by atoms with Crippen molar-refractivity contribution >= 4 is 27.6 Å². The number of rotatable bonds is 6. The van der Waals surface area contributed by atoms with Crippen LogP contribution in [-0.2, 0) is 26.0 Å². The molecule has 2 aromatic rings. The number of aliphatic carboxylic acids is 1. The first kappa shape index (κ1) is 18.1. The molecule has 136 valence electrons. The summed E-state index contributed by atoms with van der Waals surface area (Å²) in [4.78, 5) is 22.6. The number of amides is 1. The number of benzene rings is 2. The molecule has 1 aliphatic rings. The minimum absolute atomic E-state index is 0.0405. The van der Waals surface area contributed by atoms with Gasteiger partial charge in [-0.3, -0.25) is 9.59 Å². The zero-order chi connectivity index (χ0) is 18.7. The number of aryl methyl sites for hydroxylation is 1. The summed E-state index contributed by atoms with van der Waals surface area (Å²) in [6.07, 6.45) is 0.390. The van der Waals surface area contributed by atoms with Crippen LogP contribution in [0.2, 0.25) is 0 Å². The number of fused-ring (bicyclic) bond motifs is 1. The van der Waals surface area contributed by atoms with Crippen molar-refractivity contribution in [3.05, 3.63) is 59.7 Å². The maximum absolute atomic E-state index is 12.8. The molecular formula is C18H18N2O5S. The number of carbonyl (C=O) groups excluding carboxylic acids is 1. The van der Waals surface area contributed by atoms with Gasteiger partial charge in [-0.05, 0) is 35.7 Å². The standard InChI is InChI=1S/C18H18N2O5S/c21-17-9-6-13-10-14(7-8-15(13)19-17)26(24,25)20-16(11-18(22)23)12-4-2-1-3-5-12/h1-5,7-8,10,16,20H,6,9,11H2,(H,19,21)(H,22,23). The van der Waals surface area contributed by atoms with Crippen LogP contribution in [0.15, 0.2) is 53.4 Å². The molecule has 0 saturated carbocycles. The van der Waals surface area contributed by atoms with Crippen molar-refractivity contribution in [1.29, 1.82) is 0 Å². The minimum Gasteiger partial charge on any atom is -0.481 e. The van der Waals surface area contributed by atoms with Crippen molar-refractivity contribution in [2.24, 2.45) is 0 Å². The van der Waals surface area contributed by atoms with Crippen LogP contribution in [0.25, 0.3) is 0 Å². The molecule has 0 spiro atoms. The fourth-order valence-corrected chi connectivity index (χ4v) is 4.14. The zero-order valence-electron chi connectivity index (χ0n) is 13.8. The van der Waals surface area contributed by atoms with Gasteiger partial charge >= 0.3 is 5.97 Å². The Morgan fingerprint density at radius 1 is 1.15 bits per heavy atom. The van der Waals surface area contributed by atoms with E-state index < -0.39 is 22.0 Å². The molecule has 1 aliphatic heterocycles. The lowest BCUT2D eigenvalue weighted by Crippen LogP contribution is -2.30. The van der Waals surface area contributed by atoms with Gasteiger partial charge in [0.15, 0.2) is 0 Å². The first-order chi connectivity index (χ1) is 12.3. The molecule has 0 aliphatic carbocycles. The first-order valence-electron chi connectivity index (χ1n) is 8.07. The van der Waals surface area contributed by atoms with Gasteiger partial charge in [0.25, 0.3) is 0 Å². The number of carbonyl (C=O) groups is 2. The van der Waals surface area contributed by atoms with Gasteiger partial charge in [-0.1, -0.05) is 30.3 Å². The summed E-state index contributed by atoms with van der Waals surface area (Å²) in [6, 6.07) is 12.2.